The van der Waals surface area contributed by atoms with E-state index >= 15 is 0 Å². The highest BCUT2D eigenvalue weighted by Gasteiger charge is 2.29. The van der Waals surface area contributed by atoms with E-state index in [9.17, 15) is 37.8 Å². The molecule has 1 saturated heterocycles. The summed E-state index contributed by atoms with van der Waals surface area (Å²) in [4.78, 5) is 45.2. The minimum absolute atomic E-state index is 0.0140. The van der Waals surface area contributed by atoms with Crippen molar-refractivity contribution in [3.63, 3.8) is 0 Å². The number of phenolic OH excluding ortho intramolecular Hbond substituents is 1. The standard InChI is InChI=1S/C26H21F3N4O5/c27-15-10-19-23(30-12-15)32(17-2-3-20(28)21(29)11-17)26(38)33(25(19)37)16-5-7-31(8-6-16)24(36)18-9-14(13-34)1-4-22(18)35/h1-4,9-12,16,34-35H,5-8,13H2. The quantitative estimate of drug-likeness (QED) is 0.422. The lowest BCUT2D eigenvalue weighted by molar-refractivity contribution is 0.0688. The number of aromatic hydroxyl groups is 1. The number of hydrogen-bond donors (Lipinski definition) is 2. The number of nitrogens with zero attached hydrogens (tertiary/aromatic N) is 4. The number of carbonyl (C=O) groups excluding carboxylic acids is 1. The van der Waals surface area contributed by atoms with E-state index in [-0.39, 0.29) is 60.6 Å². The van der Waals surface area contributed by atoms with E-state index in [2.05, 4.69) is 4.98 Å². The first-order chi connectivity index (χ1) is 18.2. The Labute approximate surface area is 212 Å². The molecule has 1 aliphatic rings. The predicted octanol–water partition coefficient (Wildman–Crippen LogP) is 2.64. The number of halogens is 3. The average Bonchev–Trinajstić information content (AvgIpc) is 2.91. The molecule has 3 heterocycles. The lowest BCUT2D eigenvalue weighted by Crippen LogP contribution is -2.47. The maximum absolute atomic E-state index is 14.0. The van der Waals surface area contributed by atoms with Crippen molar-refractivity contribution in [1.82, 2.24) is 19.0 Å². The van der Waals surface area contributed by atoms with Crippen LogP contribution in [0.5, 0.6) is 5.75 Å². The lowest BCUT2D eigenvalue weighted by atomic mass is 10.0. The second kappa shape index (κ2) is 9.78. The Morgan fingerprint density at radius 2 is 1.74 bits per heavy atom. The number of benzene rings is 2. The van der Waals surface area contributed by atoms with Crippen molar-refractivity contribution in [3.05, 3.63) is 98.1 Å². The molecule has 1 fully saturated rings. The first kappa shape index (κ1) is 25.2. The van der Waals surface area contributed by atoms with Crippen molar-refractivity contribution in [1.29, 1.82) is 0 Å². The minimum atomic E-state index is -1.22. The first-order valence-electron chi connectivity index (χ1n) is 11.7. The monoisotopic (exact) mass is 526 g/mol. The Bertz CT molecular complexity index is 1690. The molecule has 0 atom stereocenters. The summed E-state index contributed by atoms with van der Waals surface area (Å²) in [7, 11) is 0. The van der Waals surface area contributed by atoms with E-state index < -0.39 is 40.6 Å². The van der Waals surface area contributed by atoms with Crippen molar-refractivity contribution in [2.75, 3.05) is 13.1 Å². The van der Waals surface area contributed by atoms with Crippen LogP contribution in [0.4, 0.5) is 13.2 Å². The Morgan fingerprint density at radius 3 is 2.42 bits per heavy atom. The number of likely N-dealkylation sites (tertiary alicyclic amines) is 1. The van der Waals surface area contributed by atoms with Crippen LogP contribution in [0.25, 0.3) is 16.7 Å². The van der Waals surface area contributed by atoms with Crippen LogP contribution < -0.4 is 11.2 Å². The Hall–Kier alpha value is -4.45. The topological polar surface area (TPSA) is 118 Å². The molecule has 1 aliphatic heterocycles. The summed E-state index contributed by atoms with van der Waals surface area (Å²) in [6, 6.07) is 7.17. The van der Waals surface area contributed by atoms with Gasteiger partial charge in [-0.2, -0.15) is 0 Å². The van der Waals surface area contributed by atoms with Crippen LogP contribution in [0, 0.1) is 17.5 Å². The molecule has 0 bridgehead atoms. The molecule has 2 aromatic carbocycles. The van der Waals surface area contributed by atoms with Gasteiger partial charge in [0.25, 0.3) is 11.5 Å². The number of aliphatic hydroxyl groups is 1. The number of amides is 1. The van der Waals surface area contributed by atoms with E-state index in [1.54, 1.807) is 0 Å². The largest absolute Gasteiger partial charge is 0.507 e. The van der Waals surface area contributed by atoms with Crippen molar-refractivity contribution < 1.29 is 28.2 Å². The summed E-state index contributed by atoms with van der Waals surface area (Å²) in [5.41, 5.74) is -1.52. The summed E-state index contributed by atoms with van der Waals surface area (Å²) in [5.74, 6) is -3.90. The zero-order valence-corrected chi connectivity index (χ0v) is 19.8. The molecular weight excluding hydrogens is 505 g/mol. The van der Waals surface area contributed by atoms with E-state index in [0.717, 1.165) is 39.6 Å². The maximum atomic E-state index is 14.0. The van der Waals surface area contributed by atoms with Gasteiger partial charge in [-0.15, -0.1) is 0 Å². The third kappa shape index (κ3) is 4.32. The third-order valence-corrected chi connectivity index (χ3v) is 6.64. The number of carbonyl (C=O) groups is 1. The Kier molecular flexibility index (Phi) is 6.49. The number of pyridine rings is 1. The van der Waals surface area contributed by atoms with Crippen molar-refractivity contribution in [2.24, 2.45) is 0 Å². The molecule has 9 nitrogen and oxygen atoms in total. The molecular formula is C26H21F3N4O5. The van der Waals surface area contributed by atoms with Gasteiger partial charge in [-0.05, 0) is 48.7 Å². The summed E-state index contributed by atoms with van der Waals surface area (Å²) in [6.45, 7) is -0.0568. The number of phenols is 1. The van der Waals surface area contributed by atoms with Crippen molar-refractivity contribution in [2.45, 2.75) is 25.5 Å². The molecule has 1 amide bonds. The summed E-state index contributed by atoms with van der Waals surface area (Å²) in [5, 5.41) is 19.2. The molecule has 4 aromatic rings. The van der Waals surface area contributed by atoms with Gasteiger partial charge in [0.1, 0.15) is 11.6 Å². The number of hydrogen-bond acceptors (Lipinski definition) is 6. The van der Waals surface area contributed by atoms with E-state index in [1.165, 1.54) is 23.1 Å². The van der Waals surface area contributed by atoms with Gasteiger partial charge in [-0.1, -0.05) is 6.07 Å². The van der Waals surface area contributed by atoms with Crippen molar-refractivity contribution >= 4 is 16.9 Å². The van der Waals surface area contributed by atoms with Gasteiger partial charge in [0, 0.05) is 25.2 Å². The zero-order chi connectivity index (χ0) is 27.1. The number of fused-ring (bicyclic) bond motifs is 1. The molecule has 2 N–H and O–H groups in total. The van der Waals surface area contributed by atoms with E-state index in [0.29, 0.717) is 5.56 Å². The van der Waals surface area contributed by atoms with E-state index in [4.69, 9.17) is 0 Å². The van der Waals surface area contributed by atoms with Crippen LogP contribution in [0.15, 0.2) is 58.3 Å². The molecule has 196 valence electrons. The molecule has 0 saturated carbocycles. The fourth-order valence-corrected chi connectivity index (χ4v) is 4.71. The highest BCUT2D eigenvalue weighted by molar-refractivity contribution is 5.97. The third-order valence-electron chi connectivity index (χ3n) is 6.64. The molecule has 12 heteroatoms. The molecule has 38 heavy (non-hydrogen) atoms. The summed E-state index contributed by atoms with van der Waals surface area (Å²) < 4.78 is 43.5. The molecule has 0 unspecified atom stereocenters. The van der Waals surface area contributed by atoms with Crippen LogP contribution in [0.3, 0.4) is 0 Å². The number of aromatic nitrogens is 3. The SMILES string of the molecule is O=C(c1cc(CO)ccc1O)N1CCC(n2c(=O)c3cc(F)cnc3n(-c3ccc(F)c(F)c3)c2=O)CC1. The van der Waals surface area contributed by atoms with Crippen LogP contribution >= 0.6 is 0 Å². The highest BCUT2D eigenvalue weighted by Crippen LogP contribution is 2.26. The molecule has 0 aliphatic carbocycles. The van der Waals surface area contributed by atoms with Crippen LogP contribution in [0.2, 0.25) is 0 Å². The lowest BCUT2D eigenvalue weighted by Gasteiger charge is -2.33. The van der Waals surface area contributed by atoms with E-state index in [1.807, 2.05) is 0 Å². The van der Waals surface area contributed by atoms with Crippen LogP contribution in [-0.4, -0.2) is 48.2 Å². The summed E-state index contributed by atoms with van der Waals surface area (Å²) in [6.07, 6.45) is 1.16. The minimum Gasteiger partial charge on any atom is -0.507 e. The van der Waals surface area contributed by atoms with Crippen LogP contribution in [-0.2, 0) is 6.61 Å². The van der Waals surface area contributed by atoms with Gasteiger partial charge in [-0.3, -0.25) is 14.2 Å². The zero-order valence-electron chi connectivity index (χ0n) is 19.8. The smallest absolute Gasteiger partial charge is 0.337 e. The first-order valence-corrected chi connectivity index (χ1v) is 11.7. The number of aliphatic hydroxyl groups excluding tert-OH is 1. The van der Waals surface area contributed by atoms with Gasteiger partial charge in [0.05, 0.1) is 29.4 Å². The normalized spacial score (nSPS) is 14.3. The predicted molar refractivity (Wildman–Crippen MR) is 130 cm³/mol. The maximum Gasteiger partial charge on any atom is 0.337 e. The molecule has 2 aromatic heterocycles. The van der Waals surface area contributed by atoms with Gasteiger partial charge in [0.15, 0.2) is 17.3 Å². The Morgan fingerprint density at radius 1 is 1.00 bits per heavy atom. The second-order valence-electron chi connectivity index (χ2n) is 8.95. The summed E-state index contributed by atoms with van der Waals surface area (Å²) >= 11 is 0. The van der Waals surface area contributed by atoms with Gasteiger partial charge >= 0.3 is 5.69 Å². The molecule has 0 spiro atoms. The second-order valence-corrected chi connectivity index (χ2v) is 8.95. The molecule has 0 radical (unpaired) electrons. The van der Waals surface area contributed by atoms with Crippen LogP contribution in [0.1, 0.15) is 34.8 Å². The van der Waals surface area contributed by atoms with Gasteiger partial charge < -0.3 is 15.1 Å². The van der Waals surface area contributed by atoms with Gasteiger partial charge in [-0.25, -0.2) is 27.5 Å². The molecule has 5 rings (SSSR count). The fourth-order valence-electron chi connectivity index (χ4n) is 4.71. The number of rotatable bonds is 4. The number of piperidine rings is 1. The fraction of sp³-hybridized carbons (Fsp3) is 0.231. The average molecular weight is 526 g/mol. The highest BCUT2D eigenvalue weighted by atomic mass is 19.2. The van der Waals surface area contributed by atoms with Crippen molar-refractivity contribution in [3.8, 4) is 11.4 Å². The van der Waals surface area contributed by atoms with Gasteiger partial charge in [0.2, 0.25) is 0 Å². The Balaban J connectivity index is 1.53.